The van der Waals surface area contributed by atoms with Crippen molar-refractivity contribution >= 4 is 17.7 Å². The fraction of sp³-hybridized carbons (Fsp3) is 0.429. The van der Waals surface area contributed by atoms with Gasteiger partial charge in [0, 0.05) is 38.9 Å². The van der Waals surface area contributed by atoms with Crippen LogP contribution >= 0.6 is 0 Å². The van der Waals surface area contributed by atoms with E-state index in [9.17, 15) is 9.59 Å². The van der Waals surface area contributed by atoms with Crippen molar-refractivity contribution in [2.24, 2.45) is 0 Å². The van der Waals surface area contributed by atoms with E-state index in [1.165, 1.54) is 0 Å². The molecule has 1 aromatic carbocycles. The number of carboxylic acid groups (broad SMARTS) is 1. The van der Waals surface area contributed by atoms with Gasteiger partial charge in [0.15, 0.2) is 0 Å². The third-order valence-corrected chi connectivity index (χ3v) is 3.37. The molecule has 0 spiro atoms. The van der Waals surface area contributed by atoms with Gasteiger partial charge in [0.05, 0.1) is 6.42 Å². The minimum absolute atomic E-state index is 0.0595. The smallest absolute Gasteiger partial charge is 0.317 e. The molecule has 2 N–H and O–H groups in total. The number of hydrogen-bond acceptors (Lipinski definition) is 3. The highest BCUT2D eigenvalue weighted by Crippen LogP contribution is 2.23. The van der Waals surface area contributed by atoms with Crippen molar-refractivity contribution in [2.75, 3.05) is 31.6 Å². The summed E-state index contributed by atoms with van der Waals surface area (Å²) in [5.41, 5.74) is 2.23. The first-order chi connectivity index (χ1) is 9.58. The van der Waals surface area contributed by atoms with Crippen LogP contribution in [-0.2, 0) is 11.3 Å². The first kappa shape index (κ1) is 14.2. The SMILES string of the molecule is CN1CCN(C(=O)NCCC(=O)O)Cc2ccccc21. The van der Waals surface area contributed by atoms with Gasteiger partial charge in [0.1, 0.15) is 0 Å². The number of likely N-dealkylation sites (N-methyl/N-ethyl adjacent to an activating group) is 1. The van der Waals surface area contributed by atoms with E-state index in [1.54, 1.807) is 4.90 Å². The van der Waals surface area contributed by atoms with Crippen molar-refractivity contribution in [1.29, 1.82) is 0 Å². The highest BCUT2D eigenvalue weighted by molar-refractivity contribution is 5.76. The number of anilines is 1. The number of carbonyl (C=O) groups excluding carboxylic acids is 1. The molecule has 0 saturated carbocycles. The summed E-state index contributed by atoms with van der Waals surface area (Å²) in [4.78, 5) is 26.3. The van der Waals surface area contributed by atoms with Crippen LogP contribution in [0.4, 0.5) is 10.5 Å². The second-order valence-corrected chi connectivity index (χ2v) is 4.85. The summed E-state index contributed by atoms with van der Waals surface area (Å²) in [5.74, 6) is -0.911. The summed E-state index contributed by atoms with van der Waals surface area (Å²) in [6, 6.07) is 7.78. The summed E-state index contributed by atoms with van der Waals surface area (Å²) in [6.45, 7) is 2.06. The summed E-state index contributed by atoms with van der Waals surface area (Å²) in [6.07, 6.45) is -0.0595. The van der Waals surface area contributed by atoms with Crippen LogP contribution in [0.15, 0.2) is 24.3 Å². The largest absolute Gasteiger partial charge is 0.481 e. The van der Waals surface area contributed by atoms with Gasteiger partial charge < -0.3 is 20.2 Å². The maximum absolute atomic E-state index is 12.1. The molecule has 0 aromatic heterocycles. The zero-order valence-corrected chi connectivity index (χ0v) is 11.5. The van der Waals surface area contributed by atoms with Gasteiger partial charge in [-0.15, -0.1) is 0 Å². The third-order valence-electron chi connectivity index (χ3n) is 3.37. The van der Waals surface area contributed by atoms with Gasteiger partial charge in [0.25, 0.3) is 0 Å². The molecule has 2 rings (SSSR count). The Morgan fingerprint density at radius 1 is 1.30 bits per heavy atom. The summed E-state index contributed by atoms with van der Waals surface area (Å²) in [5, 5.41) is 11.2. The molecule has 0 atom stereocenters. The Labute approximate surface area is 118 Å². The van der Waals surface area contributed by atoms with E-state index in [-0.39, 0.29) is 19.0 Å². The zero-order chi connectivity index (χ0) is 14.5. The maximum Gasteiger partial charge on any atom is 0.317 e. The lowest BCUT2D eigenvalue weighted by molar-refractivity contribution is -0.136. The average Bonchev–Trinajstić information content (AvgIpc) is 2.58. The molecule has 1 heterocycles. The van der Waals surface area contributed by atoms with Crippen molar-refractivity contribution in [1.82, 2.24) is 10.2 Å². The minimum Gasteiger partial charge on any atom is -0.481 e. The minimum atomic E-state index is -0.911. The molecule has 0 saturated heterocycles. The molecule has 6 heteroatoms. The van der Waals surface area contributed by atoms with Crippen LogP contribution in [0.3, 0.4) is 0 Å². The fourth-order valence-corrected chi connectivity index (χ4v) is 2.25. The van der Waals surface area contributed by atoms with Crippen LogP contribution in [0.25, 0.3) is 0 Å². The van der Waals surface area contributed by atoms with Crippen LogP contribution in [0.5, 0.6) is 0 Å². The molecule has 6 nitrogen and oxygen atoms in total. The Hall–Kier alpha value is -2.24. The second kappa shape index (κ2) is 6.27. The normalized spacial score (nSPS) is 14.4. The maximum atomic E-state index is 12.1. The number of carboxylic acids is 1. The Morgan fingerprint density at radius 2 is 2.05 bits per heavy atom. The number of carbonyl (C=O) groups is 2. The van der Waals surface area contributed by atoms with E-state index < -0.39 is 5.97 Å². The van der Waals surface area contributed by atoms with Crippen molar-refractivity contribution in [3.8, 4) is 0 Å². The van der Waals surface area contributed by atoms with Gasteiger partial charge >= 0.3 is 12.0 Å². The Kier molecular flexibility index (Phi) is 4.45. The van der Waals surface area contributed by atoms with Crippen molar-refractivity contribution in [2.45, 2.75) is 13.0 Å². The molecule has 0 bridgehead atoms. The van der Waals surface area contributed by atoms with E-state index >= 15 is 0 Å². The van der Waals surface area contributed by atoms with E-state index in [1.807, 2.05) is 31.3 Å². The molecular weight excluding hydrogens is 258 g/mol. The van der Waals surface area contributed by atoms with Crippen LogP contribution in [0, 0.1) is 0 Å². The molecule has 2 amide bonds. The summed E-state index contributed by atoms with van der Waals surface area (Å²) >= 11 is 0. The van der Waals surface area contributed by atoms with Gasteiger partial charge in [-0.3, -0.25) is 4.79 Å². The number of para-hydroxylation sites is 1. The first-order valence-electron chi connectivity index (χ1n) is 6.61. The van der Waals surface area contributed by atoms with Gasteiger partial charge in [0.2, 0.25) is 0 Å². The topological polar surface area (TPSA) is 72.9 Å². The number of nitrogens with one attached hydrogen (secondary N) is 1. The van der Waals surface area contributed by atoms with Crippen molar-refractivity contribution in [3.05, 3.63) is 29.8 Å². The van der Waals surface area contributed by atoms with E-state index in [0.717, 1.165) is 17.8 Å². The third kappa shape index (κ3) is 3.40. The van der Waals surface area contributed by atoms with Gasteiger partial charge in [-0.25, -0.2) is 4.79 Å². The Balaban J connectivity index is 2.01. The molecule has 0 aliphatic carbocycles. The highest BCUT2D eigenvalue weighted by atomic mass is 16.4. The standard InChI is InChI=1S/C14H19N3O3/c1-16-8-9-17(14(20)15-7-6-13(18)19)10-11-4-2-3-5-12(11)16/h2-5H,6-10H2,1H3,(H,15,20)(H,18,19). The molecule has 1 aliphatic rings. The van der Waals surface area contributed by atoms with E-state index in [4.69, 9.17) is 5.11 Å². The fourth-order valence-electron chi connectivity index (χ4n) is 2.25. The predicted octanol–water partition coefficient (Wildman–Crippen LogP) is 1.12. The summed E-state index contributed by atoms with van der Waals surface area (Å²) < 4.78 is 0. The number of benzene rings is 1. The van der Waals surface area contributed by atoms with E-state index in [0.29, 0.717) is 13.1 Å². The number of rotatable bonds is 3. The quantitative estimate of drug-likeness (QED) is 0.868. The average molecular weight is 277 g/mol. The lowest BCUT2D eigenvalue weighted by Gasteiger charge is -2.21. The number of nitrogens with zero attached hydrogens (tertiary/aromatic N) is 2. The highest BCUT2D eigenvalue weighted by Gasteiger charge is 2.20. The predicted molar refractivity (Wildman–Crippen MR) is 75.8 cm³/mol. The molecular formula is C14H19N3O3. The summed E-state index contributed by atoms with van der Waals surface area (Å²) in [7, 11) is 2.00. The Bertz CT molecular complexity index is 504. The van der Waals surface area contributed by atoms with Gasteiger partial charge in [-0.2, -0.15) is 0 Å². The van der Waals surface area contributed by atoms with Crippen molar-refractivity contribution < 1.29 is 14.7 Å². The van der Waals surface area contributed by atoms with Crippen molar-refractivity contribution in [3.63, 3.8) is 0 Å². The molecule has 20 heavy (non-hydrogen) atoms. The van der Waals surface area contributed by atoms with Crippen LogP contribution in [-0.4, -0.2) is 48.7 Å². The number of amides is 2. The molecule has 0 fully saturated rings. The number of aliphatic carboxylic acids is 1. The lowest BCUT2D eigenvalue weighted by atomic mass is 10.1. The second-order valence-electron chi connectivity index (χ2n) is 4.85. The van der Waals surface area contributed by atoms with E-state index in [2.05, 4.69) is 10.2 Å². The molecule has 1 aromatic rings. The van der Waals surface area contributed by atoms with Crippen LogP contribution in [0.1, 0.15) is 12.0 Å². The monoisotopic (exact) mass is 277 g/mol. The Morgan fingerprint density at radius 3 is 2.80 bits per heavy atom. The molecule has 0 unspecified atom stereocenters. The zero-order valence-electron chi connectivity index (χ0n) is 11.5. The number of fused-ring (bicyclic) bond motifs is 1. The molecule has 0 radical (unpaired) electrons. The first-order valence-corrected chi connectivity index (χ1v) is 6.61. The number of urea groups is 1. The van der Waals surface area contributed by atoms with Gasteiger partial charge in [-0.05, 0) is 11.6 Å². The van der Waals surface area contributed by atoms with Crippen LogP contribution < -0.4 is 10.2 Å². The molecule has 1 aliphatic heterocycles. The van der Waals surface area contributed by atoms with Crippen LogP contribution in [0.2, 0.25) is 0 Å². The molecule has 108 valence electrons. The number of hydrogen-bond donors (Lipinski definition) is 2. The van der Waals surface area contributed by atoms with Gasteiger partial charge in [-0.1, -0.05) is 18.2 Å². The lowest BCUT2D eigenvalue weighted by Crippen LogP contribution is -2.42.